The van der Waals surface area contributed by atoms with Crippen LogP contribution in [-0.2, 0) is 6.54 Å². The summed E-state index contributed by atoms with van der Waals surface area (Å²) in [7, 11) is 0. The van der Waals surface area contributed by atoms with Crippen LogP contribution >= 0.6 is 11.6 Å². The molecule has 0 fully saturated rings. The maximum absolute atomic E-state index is 11.9. The molecule has 0 bridgehead atoms. The normalized spacial score (nSPS) is 10.2. The van der Waals surface area contributed by atoms with Crippen molar-refractivity contribution in [2.24, 2.45) is 0 Å². The standard InChI is InChI=1S/C15H15ClN2O/c1-10-12(3-2-4-14(10)17)9-18-15(19)11-5-7-13(16)8-6-11/h2-8H,9,17H2,1H3,(H,18,19). The lowest BCUT2D eigenvalue weighted by molar-refractivity contribution is 0.0951. The third-order valence-electron chi connectivity index (χ3n) is 3.03. The fourth-order valence-electron chi connectivity index (χ4n) is 1.77. The number of anilines is 1. The van der Waals surface area contributed by atoms with Crippen molar-refractivity contribution < 1.29 is 4.79 Å². The first-order chi connectivity index (χ1) is 9.08. The number of nitrogens with one attached hydrogen (secondary N) is 1. The van der Waals surface area contributed by atoms with E-state index < -0.39 is 0 Å². The predicted octanol–water partition coefficient (Wildman–Crippen LogP) is 3.16. The first-order valence-corrected chi connectivity index (χ1v) is 6.33. The summed E-state index contributed by atoms with van der Waals surface area (Å²) >= 11 is 5.78. The van der Waals surface area contributed by atoms with Crippen molar-refractivity contribution in [1.29, 1.82) is 0 Å². The first kappa shape index (κ1) is 13.4. The Morgan fingerprint density at radius 1 is 1.21 bits per heavy atom. The molecule has 0 saturated heterocycles. The van der Waals surface area contributed by atoms with Crippen molar-refractivity contribution in [3.05, 3.63) is 64.2 Å². The molecule has 98 valence electrons. The van der Waals surface area contributed by atoms with E-state index in [1.807, 2.05) is 25.1 Å². The maximum atomic E-state index is 11.9. The molecule has 0 heterocycles. The van der Waals surface area contributed by atoms with Gasteiger partial charge in [0.1, 0.15) is 0 Å². The summed E-state index contributed by atoms with van der Waals surface area (Å²) in [5, 5.41) is 3.48. The van der Waals surface area contributed by atoms with Gasteiger partial charge in [-0.1, -0.05) is 23.7 Å². The van der Waals surface area contributed by atoms with E-state index in [1.54, 1.807) is 24.3 Å². The van der Waals surface area contributed by atoms with Crippen molar-refractivity contribution in [2.75, 3.05) is 5.73 Å². The Morgan fingerprint density at radius 2 is 1.89 bits per heavy atom. The fourth-order valence-corrected chi connectivity index (χ4v) is 1.90. The van der Waals surface area contributed by atoms with Gasteiger partial charge in [0, 0.05) is 22.8 Å². The van der Waals surface area contributed by atoms with Crippen LogP contribution in [0.3, 0.4) is 0 Å². The third kappa shape index (κ3) is 3.26. The van der Waals surface area contributed by atoms with Gasteiger partial charge in [0.15, 0.2) is 0 Å². The molecule has 2 aromatic rings. The van der Waals surface area contributed by atoms with Gasteiger partial charge >= 0.3 is 0 Å². The second-order valence-electron chi connectivity index (χ2n) is 4.32. The number of hydrogen-bond donors (Lipinski definition) is 2. The number of rotatable bonds is 3. The van der Waals surface area contributed by atoms with Gasteiger partial charge in [0.05, 0.1) is 0 Å². The minimum Gasteiger partial charge on any atom is -0.399 e. The summed E-state index contributed by atoms with van der Waals surface area (Å²) in [5.74, 6) is -0.126. The van der Waals surface area contributed by atoms with Crippen LogP contribution in [0.5, 0.6) is 0 Å². The van der Waals surface area contributed by atoms with E-state index in [2.05, 4.69) is 5.32 Å². The van der Waals surface area contributed by atoms with Crippen molar-refractivity contribution in [3.8, 4) is 0 Å². The summed E-state index contributed by atoms with van der Waals surface area (Å²) in [4.78, 5) is 11.9. The molecule has 0 aliphatic carbocycles. The Labute approximate surface area is 117 Å². The van der Waals surface area contributed by atoms with Gasteiger partial charge in [-0.25, -0.2) is 0 Å². The lowest BCUT2D eigenvalue weighted by Crippen LogP contribution is -2.23. The lowest BCUT2D eigenvalue weighted by Gasteiger charge is -2.09. The van der Waals surface area contributed by atoms with Crippen molar-refractivity contribution in [1.82, 2.24) is 5.32 Å². The molecule has 0 atom stereocenters. The number of carbonyl (C=O) groups is 1. The number of hydrogen-bond acceptors (Lipinski definition) is 2. The molecule has 0 saturated carbocycles. The molecule has 2 rings (SSSR count). The number of nitrogens with two attached hydrogens (primary N) is 1. The molecule has 0 aliphatic rings. The number of benzene rings is 2. The molecule has 0 unspecified atom stereocenters. The smallest absolute Gasteiger partial charge is 0.251 e. The lowest BCUT2D eigenvalue weighted by atomic mass is 10.1. The van der Waals surface area contributed by atoms with E-state index in [-0.39, 0.29) is 5.91 Å². The number of carbonyl (C=O) groups excluding carboxylic acids is 1. The summed E-state index contributed by atoms with van der Waals surface area (Å²) < 4.78 is 0. The van der Waals surface area contributed by atoms with Crippen LogP contribution in [-0.4, -0.2) is 5.91 Å². The van der Waals surface area contributed by atoms with Crippen LogP contribution in [0.1, 0.15) is 21.5 Å². The number of halogens is 1. The van der Waals surface area contributed by atoms with Crippen molar-refractivity contribution in [2.45, 2.75) is 13.5 Å². The van der Waals surface area contributed by atoms with Gasteiger partial charge < -0.3 is 11.1 Å². The van der Waals surface area contributed by atoms with Gasteiger partial charge in [-0.3, -0.25) is 4.79 Å². The van der Waals surface area contributed by atoms with Gasteiger partial charge in [-0.05, 0) is 48.4 Å². The molecule has 1 amide bonds. The van der Waals surface area contributed by atoms with Crippen LogP contribution in [0, 0.1) is 6.92 Å². The largest absolute Gasteiger partial charge is 0.399 e. The highest BCUT2D eigenvalue weighted by Crippen LogP contribution is 2.15. The Kier molecular flexibility index (Phi) is 4.07. The molecule has 0 radical (unpaired) electrons. The minimum absolute atomic E-state index is 0.126. The average Bonchev–Trinajstić information content (AvgIpc) is 2.41. The quantitative estimate of drug-likeness (QED) is 0.845. The molecule has 3 N–H and O–H groups in total. The van der Waals surface area contributed by atoms with Crippen molar-refractivity contribution >= 4 is 23.2 Å². The predicted molar refractivity (Wildman–Crippen MR) is 78.2 cm³/mol. The van der Waals surface area contributed by atoms with E-state index in [4.69, 9.17) is 17.3 Å². The average molecular weight is 275 g/mol. The van der Waals surface area contributed by atoms with Gasteiger partial charge in [-0.15, -0.1) is 0 Å². The van der Waals surface area contributed by atoms with E-state index in [0.29, 0.717) is 17.1 Å². The molecule has 0 aliphatic heterocycles. The molecule has 0 aromatic heterocycles. The first-order valence-electron chi connectivity index (χ1n) is 5.95. The Hall–Kier alpha value is -2.00. The molecule has 19 heavy (non-hydrogen) atoms. The molecular formula is C15H15ClN2O. The maximum Gasteiger partial charge on any atom is 0.251 e. The summed E-state index contributed by atoms with van der Waals surface area (Å²) in [6.45, 7) is 2.40. The second-order valence-corrected chi connectivity index (χ2v) is 4.76. The Balaban J connectivity index is 2.04. The SMILES string of the molecule is Cc1c(N)cccc1CNC(=O)c1ccc(Cl)cc1. The Morgan fingerprint density at radius 3 is 2.58 bits per heavy atom. The number of amides is 1. The molecule has 3 nitrogen and oxygen atoms in total. The third-order valence-corrected chi connectivity index (χ3v) is 3.29. The highest BCUT2D eigenvalue weighted by Gasteiger charge is 2.06. The summed E-state index contributed by atoms with van der Waals surface area (Å²) in [6, 6.07) is 12.5. The second kappa shape index (κ2) is 5.76. The zero-order chi connectivity index (χ0) is 13.8. The zero-order valence-electron chi connectivity index (χ0n) is 10.6. The van der Waals surface area contributed by atoms with E-state index in [0.717, 1.165) is 16.8 Å². The van der Waals surface area contributed by atoms with Gasteiger partial charge in [0.2, 0.25) is 0 Å². The fraction of sp³-hybridized carbons (Fsp3) is 0.133. The minimum atomic E-state index is -0.126. The van der Waals surface area contributed by atoms with E-state index in [1.165, 1.54) is 0 Å². The Bertz CT molecular complexity index is 594. The van der Waals surface area contributed by atoms with Gasteiger partial charge in [-0.2, -0.15) is 0 Å². The van der Waals surface area contributed by atoms with Crippen LogP contribution in [0.15, 0.2) is 42.5 Å². The van der Waals surface area contributed by atoms with E-state index in [9.17, 15) is 4.79 Å². The van der Waals surface area contributed by atoms with Crippen LogP contribution in [0.2, 0.25) is 5.02 Å². The van der Waals surface area contributed by atoms with Crippen LogP contribution in [0.25, 0.3) is 0 Å². The molecule has 4 heteroatoms. The highest BCUT2D eigenvalue weighted by atomic mass is 35.5. The summed E-state index contributed by atoms with van der Waals surface area (Å²) in [6.07, 6.45) is 0. The van der Waals surface area contributed by atoms with E-state index >= 15 is 0 Å². The molecule has 2 aromatic carbocycles. The number of nitrogen functional groups attached to an aromatic ring is 1. The van der Waals surface area contributed by atoms with Crippen molar-refractivity contribution in [3.63, 3.8) is 0 Å². The summed E-state index contributed by atoms with van der Waals surface area (Å²) in [5.41, 5.74) is 9.17. The molecular weight excluding hydrogens is 260 g/mol. The zero-order valence-corrected chi connectivity index (χ0v) is 11.4. The van der Waals surface area contributed by atoms with Gasteiger partial charge in [0.25, 0.3) is 5.91 Å². The van der Waals surface area contributed by atoms with Crippen LogP contribution < -0.4 is 11.1 Å². The highest BCUT2D eigenvalue weighted by molar-refractivity contribution is 6.30. The molecule has 0 spiro atoms. The topological polar surface area (TPSA) is 55.1 Å². The monoisotopic (exact) mass is 274 g/mol. The van der Waals surface area contributed by atoms with Crippen LogP contribution in [0.4, 0.5) is 5.69 Å².